The van der Waals surface area contributed by atoms with Gasteiger partial charge in [0.05, 0.1) is 11.2 Å². The molecule has 0 fully saturated rings. The van der Waals surface area contributed by atoms with Crippen molar-refractivity contribution >= 4 is 28.9 Å². The Kier molecular flexibility index (Phi) is 6.03. The minimum absolute atomic E-state index is 0.205. The van der Waals surface area contributed by atoms with Crippen LogP contribution in [0.5, 0.6) is 0 Å². The number of aryl methyl sites for hydroxylation is 1. The molecule has 1 N–H and O–H groups in total. The molecular formula is C22H21FN6OS. The molecule has 3 aromatic heterocycles. The van der Waals surface area contributed by atoms with E-state index < -0.39 is 6.04 Å². The lowest BCUT2D eigenvalue weighted by Gasteiger charge is -2.27. The molecule has 3 heterocycles. The Balaban J connectivity index is 1.58. The van der Waals surface area contributed by atoms with Crippen molar-refractivity contribution < 1.29 is 9.18 Å². The number of rotatable bonds is 7. The van der Waals surface area contributed by atoms with Gasteiger partial charge in [0.15, 0.2) is 0 Å². The van der Waals surface area contributed by atoms with E-state index in [1.54, 1.807) is 41.8 Å². The average molecular weight is 437 g/mol. The third kappa shape index (κ3) is 4.77. The van der Waals surface area contributed by atoms with E-state index in [0.717, 1.165) is 16.8 Å². The number of nitrogens with zero attached hydrogens (tertiary/aromatic N) is 5. The SMILES string of the molecule is CN(c1cscn1)[C@@H](Cc1ccc(F)cc1)C(=O)Nc1cc(-c2ccncc2)nn1C. The molecule has 0 unspecified atom stereocenters. The number of likely N-dealkylation sites (N-methyl/N-ethyl adjacent to an activating group) is 1. The second kappa shape index (κ2) is 9.05. The summed E-state index contributed by atoms with van der Waals surface area (Å²) < 4.78 is 15.0. The van der Waals surface area contributed by atoms with Crippen molar-refractivity contribution in [2.24, 2.45) is 7.05 Å². The van der Waals surface area contributed by atoms with Gasteiger partial charge in [-0.3, -0.25) is 14.5 Å². The molecular weight excluding hydrogens is 415 g/mol. The lowest BCUT2D eigenvalue weighted by Crippen LogP contribution is -2.44. The first-order chi connectivity index (χ1) is 15.0. The number of nitrogens with one attached hydrogen (secondary N) is 1. The van der Waals surface area contributed by atoms with E-state index >= 15 is 0 Å². The fraction of sp³-hybridized carbons (Fsp3) is 0.182. The van der Waals surface area contributed by atoms with Crippen LogP contribution in [0.2, 0.25) is 0 Å². The van der Waals surface area contributed by atoms with Crippen molar-refractivity contribution in [1.29, 1.82) is 0 Å². The van der Waals surface area contributed by atoms with Gasteiger partial charge in [0.2, 0.25) is 5.91 Å². The van der Waals surface area contributed by atoms with Crippen LogP contribution in [0.25, 0.3) is 11.3 Å². The molecule has 1 atom stereocenters. The summed E-state index contributed by atoms with van der Waals surface area (Å²) in [6.07, 6.45) is 3.79. The second-order valence-corrected chi connectivity index (χ2v) is 7.79. The van der Waals surface area contributed by atoms with Crippen molar-refractivity contribution in [1.82, 2.24) is 19.7 Å². The molecule has 4 rings (SSSR count). The number of hydrogen-bond donors (Lipinski definition) is 1. The summed E-state index contributed by atoms with van der Waals surface area (Å²) in [7, 11) is 3.61. The molecule has 158 valence electrons. The summed E-state index contributed by atoms with van der Waals surface area (Å²) in [4.78, 5) is 23.5. The van der Waals surface area contributed by atoms with Crippen molar-refractivity contribution in [2.75, 3.05) is 17.3 Å². The number of anilines is 2. The van der Waals surface area contributed by atoms with Gasteiger partial charge in [-0.2, -0.15) is 5.10 Å². The summed E-state index contributed by atoms with van der Waals surface area (Å²) in [6.45, 7) is 0. The standard InChI is InChI=1S/C22H21FN6OS/c1-28(21-13-31-14-25-21)19(11-15-3-5-17(23)6-4-15)22(30)26-20-12-18(27-29(20)2)16-7-9-24-10-8-16/h3-10,12-14,19H,11H2,1-2H3,(H,26,30)/t19-/m0/s1. The molecule has 1 aromatic carbocycles. The highest BCUT2D eigenvalue weighted by Gasteiger charge is 2.26. The first-order valence-corrected chi connectivity index (χ1v) is 10.6. The Morgan fingerprint density at radius 3 is 2.65 bits per heavy atom. The van der Waals surface area contributed by atoms with Gasteiger partial charge in [0, 0.05) is 49.9 Å². The van der Waals surface area contributed by atoms with E-state index in [1.165, 1.54) is 23.5 Å². The maximum Gasteiger partial charge on any atom is 0.248 e. The van der Waals surface area contributed by atoms with Crippen LogP contribution >= 0.6 is 11.3 Å². The van der Waals surface area contributed by atoms with E-state index in [-0.39, 0.29) is 11.7 Å². The van der Waals surface area contributed by atoms with Gasteiger partial charge in [-0.1, -0.05) is 12.1 Å². The molecule has 0 aliphatic heterocycles. The van der Waals surface area contributed by atoms with Crippen LogP contribution < -0.4 is 10.2 Å². The highest BCUT2D eigenvalue weighted by molar-refractivity contribution is 7.07. The number of pyridine rings is 1. The van der Waals surface area contributed by atoms with Crippen LogP contribution in [0.4, 0.5) is 16.0 Å². The number of carbonyl (C=O) groups is 1. The van der Waals surface area contributed by atoms with E-state index in [0.29, 0.717) is 18.1 Å². The van der Waals surface area contributed by atoms with E-state index in [9.17, 15) is 9.18 Å². The topological polar surface area (TPSA) is 75.9 Å². The van der Waals surface area contributed by atoms with Gasteiger partial charge in [-0.25, -0.2) is 9.37 Å². The molecule has 0 aliphatic carbocycles. The van der Waals surface area contributed by atoms with Crippen LogP contribution in [0, 0.1) is 5.82 Å². The normalized spacial score (nSPS) is 11.8. The third-order valence-electron chi connectivity index (χ3n) is 5.00. The van der Waals surface area contributed by atoms with Crippen LogP contribution in [0.15, 0.2) is 65.7 Å². The smallest absolute Gasteiger partial charge is 0.248 e. The Morgan fingerprint density at radius 2 is 1.97 bits per heavy atom. The van der Waals surface area contributed by atoms with E-state index in [4.69, 9.17) is 0 Å². The number of carbonyl (C=O) groups excluding carboxylic acids is 1. The van der Waals surface area contributed by atoms with Gasteiger partial charge in [0.1, 0.15) is 23.5 Å². The third-order valence-corrected chi connectivity index (χ3v) is 5.57. The van der Waals surface area contributed by atoms with E-state index in [2.05, 4.69) is 20.4 Å². The predicted octanol–water partition coefficient (Wildman–Crippen LogP) is 3.76. The minimum Gasteiger partial charge on any atom is -0.347 e. The zero-order chi connectivity index (χ0) is 21.8. The van der Waals surface area contributed by atoms with Crippen LogP contribution in [0.1, 0.15) is 5.56 Å². The largest absolute Gasteiger partial charge is 0.347 e. The fourth-order valence-corrected chi connectivity index (χ4v) is 3.83. The minimum atomic E-state index is -0.549. The molecule has 4 aromatic rings. The number of halogens is 1. The fourth-order valence-electron chi connectivity index (χ4n) is 3.25. The Morgan fingerprint density at radius 1 is 1.23 bits per heavy atom. The van der Waals surface area contributed by atoms with Crippen LogP contribution in [0.3, 0.4) is 0 Å². The molecule has 31 heavy (non-hydrogen) atoms. The molecule has 0 aliphatic rings. The maximum atomic E-state index is 13.3. The van der Waals surface area contributed by atoms with Crippen LogP contribution in [-0.2, 0) is 18.3 Å². The van der Waals surface area contributed by atoms with Gasteiger partial charge < -0.3 is 10.2 Å². The zero-order valence-corrected chi connectivity index (χ0v) is 17.9. The Bertz CT molecular complexity index is 1140. The van der Waals surface area contributed by atoms with Gasteiger partial charge in [0.25, 0.3) is 0 Å². The highest BCUT2D eigenvalue weighted by Crippen LogP contribution is 2.23. The summed E-state index contributed by atoms with van der Waals surface area (Å²) in [5.74, 6) is 0.766. The summed E-state index contributed by atoms with van der Waals surface area (Å²) in [5.41, 5.74) is 4.23. The zero-order valence-electron chi connectivity index (χ0n) is 17.1. The molecule has 0 saturated heterocycles. The number of aromatic nitrogens is 4. The highest BCUT2D eigenvalue weighted by atomic mass is 32.1. The van der Waals surface area contributed by atoms with Crippen molar-refractivity contribution in [3.63, 3.8) is 0 Å². The summed E-state index contributed by atoms with van der Waals surface area (Å²) in [5, 5.41) is 9.36. The lowest BCUT2D eigenvalue weighted by molar-refractivity contribution is -0.117. The molecule has 0 spiro atoms. The molecule has 0 bridgehead atoms. The Hall–Kier alpha value is -3.59. The molecule has 7 nitrogen and oxygen atoms in total. The van der Waals surface area contributed by atoms with Crippen LogP contribution in [-0.4, -0.2) is 38.7 Å². The predicted molar refractivity (Wildman–Crippen MR) is 119 cm³/mol. The van der Waals surface area contributed by atoms with Crippen molar-refractivity contribution in [3.05, 3.63) is 77.1 Å². The number of benzene rings is 1. The number of thiazole rings is 1. The summed E-state index contributed by atoms with van der Waals surface area (Å²) in [6, 6.07) is 11.2. The first-order valence-electron chi connectivity index (χ1n) is 9.62. The molecule has 0 saturated carbocycles. The Labute approximate surface area is 183 Å². The van der Waals surface area contributed by atoms with Crippen molar-refractivity contribution in [3.8, 4) is 11.3 Å². The molecule has 9 heteroatoms. The van der Waals surface area contributed by atoms with Gasteiger partial charge in [-0.05, 0) is 29.8 Å². The quantitative estimate of drug-likeness (QED) is 0.477. The lowest BCUT2D eigenvalue weighted by atomic mass is 10.0. The number of hydrogen-bond acceptors (Lipinski definition) is 6. The molecule has 0 radical (unpaired) electrons. The van der Waals surface area contributed by atoms with Gasteiger partial charge in [-0.15, -0.1) is 11.3 Å². The van der Waals surface area contributed by atoms with Gasteiger partial charge >= 0.3 is 0 Å². The monoisotopic (exact) mass is 436 g/mol. The first kappa shape index (κ1) is 20.7. The van der Waals surface area contributed by atoms with Crippen molar-refractivity contribution in [2.45, 2.75) is 12.5 Å². The number of amides is 1. The van der Waals surface area contributed by atoms with E-state index in [1.807, 2.05) is 35.5 Å². The second-order valence-electron chi connectivity index (χ2n) is 7.07. The summed E-state index contributed by atoms with van der Waals surface area (Å²) >= 11 is 1.46. The average Bonchev–Trinajstić information content (AvgIpc) is 3.44. The molecule has 1 amide bonds. The maximum absolute atomic E-state index is 13.3.